The molecule has 6 heteroatoms. The smallest absolute Gasteiger partial charge is 0.264 e. The second kappa shape index (κ2) is 5.91. The summed E-state index contributed by atoms with van der Waals surface area (Å²) in [4.78, 5) is 19.6. The maximum absolute atomic E-state index is 12.7. The predicted octanol–water partition coefficient (Wildman–Crippen LogP) is 1.27. The number of hydrogen-bond donors (Lipinski definition) is 1. The van der Waals surface area contributed by atoms with Crippen molar-refractivity contribution in [2.24, 2.45) is 0 Å². The van der Waals surface area contributed by atoms with E-state index in [1.165, 1.54) is 16.2 Å². The Hall–Kier alpha value is -0.560. The molecule has 4 nitrogen and oxygen atoms in total. The quantitative estimate of drug-likeness (QED) is 0.889. The summed E-state index contributed by atoms with van der Waals surface area (Å²) in [5.41, 5.74) is 1.40. The Labute approximate surface area is 133 Å². The van der Waals surface area contributed by atoms with Crippen molar-refractivity contribution in [3.63, 3.8) is 0 Å². The van der Waals surface area contributed by atoms with E-state index in [2.05, 4.69) is 16.3 Å². The maximum atomic E-state index is 12.7. The number of fused-ring (bicyclic) bond motifs is 1. The van der Waals surface area contributed by atoms with Gasteiger partial charge in [0.05, 0.1) is 4.88 Å². The topological polar surface area (TPSA) is 35.6 Å². The highest BCUT2D eigenvalue weighted by Crippen LogP contribution is 2.32. The Morgan fingerprint density at radius 3 is 2.71 bits per heavy atom. The zero-order valence-electron chi connectivity index (χ0n) is 12.1. The molecule has 0 aliphatic carbocycles. The SMILES string of the molecule is O=C(c1cc2c(s1)CCSC2)N1CCN(C2CNC2)CC1. The van der Waals surface area contributed by atoms with Crippen molar-refractivity contribution < 1.29 is 4.79 Å². The van der Waals surface area contributed by atoms with Crippen LogP contribution in [0, 0.1) is 0 Å². The van der Waals surface area contributed by atoms with Gasteiger partial charge < -0.3 is 10.2 Å². The van der Waals surface area contributed by atoms with Gasteiger partial charge >= 0.3 is 0 Å². The van der Waals surface area contributed by atoms with Crippen LogP contribution in [0.2, 0.25) is 0 Å². The van der Waals surface area contributed by atoms with E-state index in [1.807, 2.05) is 16.7 Å². The van der Waals surface area contributed by atoms with Gasteiger partial charge in [0.2, 0.25) is 0 Å². The fourth-order valence-corrected chi connectivity index (χ4v) is 5.57. The molecule has 21 heavy (non-hydrogen) atoms. The minimum Gasteiger partial charge on any atom is -0.335 e. The zero-order valence-corrected chi connectivity index (χ0v) is 13.8. The van der Waals surface area contributed by atoms with Crippen LogP contribution < -0.4 is 5.32 Å². The van der Waals surface area contributed by atoms with Crippen molar-refractivity contribution in [2.75, 3.05) is 45.0 Å². The summed E-state index contributed by atoms with van der Waals surface area (Å²) in [6.07, 6.45) is 1.14. The van der Waals surface area contributed by atoms with Crippen LogP contribution in [0.4, 0.5) is 0 Å². The van der Waals surface area contributed by atoms with Gasteiger partial charge in [0, 0.05) is 55.9 Å². The van der Waals surface area contributed by atoms with Crippen LogP contribution in [0.5, 0.6) is 0 Å². The fraction of sp³-hybridized carbons (Fsp3) is 0.667. The first-order valence-electron chi connectivity index (χ1n) is 7.74. The molecule has 114 valence electrons. The maximum Gasteiger partial charge on any atom is 0.264 e. The molecule has 0 radical (unpaired) electrons. The third kappa shape index (κ3) is 2.74. The average molecular weight is 323 g/mol. The van der Waals surface area contributed by atoms with Crippen LogP contribution in [0.3, 0.4) is 0 Å². The van der Waals surface area contributed by atoms with Crippen LogP contribution in [0.25, 0.3) is 0 Å². The largest absolute Gasteiger partial charge is 0.335 e. The van der Waals surface area contributed by atoms with Crippen LogP contribution in [0.1, 0.15) is 20.1 Å². The minimum atomic E-state index is 0.255. The molecule has 2 saturated heterocycles. The number of amides is 1. The van der Waals surface area contributed by atoms with Crippen LogP contribution in [0.15, 0.2) is 6.07 Å². The standard InChI is InChI=1S/C15H21N3OS2/c19-15(14-7-11-10-20-6-1-13(11)21-14)18-4-2-17(3-5-18)12-8-16-9-12/h7,12,16H,1-6,8-10H2. The Kier molecular flexibility index (Phi) is 3.96. The van der Waals surface area contributed by atoms with Gasteiger partial charge in [-0.25, -0.2) is 0 Å². The van der Waals surface area contributed by atoms with Gasteiger partial charge in [0.15, 0.2) is 0 Å². The lowest BCUT2D eigenvalue weighted by atomic mass is 10.1. The highest BCUT2D eigenvalue weighted by Gasteiger charge is 2.30. The average Bonchev–Trinajstić information content (AvgIpc) is 2.89. The van der Waals surface area contributed by atoms with Crippen LogP contribution in [-0.2, 0) is 12.2 Å². The summed E-state index contributed by atoms with van der Waals surface area (Å²) in [5, 5.41) is 3.32. The number of nitrogens with one attached hydrogen (secondary N) is 1. The Morgan fingerprint density at radius 2 is 2.05 bits per heavy atom. The Bertz CT molecular complexity index is 510. The van der Waals surface area contributed by atoms with Crippen LogP contribution >= 0.6 is 23.1 Å². The van der Waals surface area contributed by atoms with E-state index in [-0.39, 0.29) is 5.91 Å². The van der Waals surface area contributed by atoms with Gasteiger partial charge in [-0.1, -0.05) is 0 Å². The summed E-state index contributed by atoms with van der Waals surface area (Å²) >= 11 is 3.71. The minimum absolute atomic E-state index is 0.255. The van der Waals surface area contributed by atoms with E-state index in [1.54, 1.807) is 11.3 Å². The molecule has 0 saturated carbocycles. The predicted molar refractivity (Wildman–Crippen MR) is 88.3 cm³/mol. The second-order valence-electron chi connectivity index (χ2n) is 6.00. The second-order valence-corrected chi connectivity index (χ2v) is 8.24. The zero-order chi connectivity index (χ0) is 14.2. The molecular weight excluding hydrogens is 302 g/mol. The normalized spacial score (nSPS) is 23.7. The summed E-state index contributed by atoms with van der Waals surface area (Å²) in [6.45, 7) is 6.05. The van der Waals surface area contributed by atoms with E-state index in [9.17, 15) is 4.79 Å². The molecule has 1 aromatic rings. The van der Waals surface area contributed by atoms with E-state index in [0.717, 1.165) is 56.3 Å². The first-order chi connectivity index (χ1) is 10.3. The van der Waals surface area contributed by atoms with Crippen LogP contribution in [-0.4, -0.2) is 66.8 Å². The molecule has 3 aliphatic heterocycles. The first kappa shape index (κ1) is 14.1. The number of hydrogen-bond acceptors (Lipinski definition) is 5. The molecular formula is C15H21N3OS2. The first-order valence-corrected chi connectivity index (χ1v) is 9.72. The molecule has 4 heterocycles. The molecule has 2 fully saturated rings. The summed E-state index contributed by atoms with van der Waals surface area (Å²) in [7, 11) is 0. The molecule has 0 unspecified atom stereocenters. The van der Waals surface area contributed by atoms with Crippen molar-refractivity contribution in [1.82, 2.24) is 15.1 Å². The Morgan fingerprint density at radius 1 is 1.24 bits per heavy atom. The van der Waals surface area contributed by atoms with Crippen molar-refractivity contribution in [2.45, 2.75) is 18.2 Å². The molecule has 3 aliphatic rings. The summed E-state index contributed by atoms with van der Waals surface area (Å²) in [5.74, 6) is 2.54. The molecule has 0 aromatic carbocycles. The Balaban J connectivity index is 1.40. The van der Waals surface area contributed by atoms with Gasteiger partial charge in [0.25, 0.3) is 5.91 Å². The lowest BCUT2D eigenvalue weighted by Crippen LogP contribution is -2.62. The van der Waals surface area contributed by atoms with Crippen molar-refractivity contribution in [3.8, 4) is 0 Å². The number of piperazine rings is 1. The van der Waals surface area contributed by atoms with E-state index < -0.39 is 0 Å². The molecule has 0 bridgehead atoms. The number of rotatable bonds is 2. The van der Waals surface area contributed by atoms with E-state index in [0.29, 0.717) is 6.04 Å². The van der Waals surface area contributed by atoms with Gasteiger partial charge in [-0.2, -0.15) is 11.8 Å². The number of nitrogens with zero attached hydrogens (tertiary/aromatic N) is 2. The third-order valence-electron chi connectivity index (χ3n) is 4.72. The fourth-order valence-electron chi connectivity index (χ4n) is 3.23. The lowest BCUT2D eigenvalue weighted by Gasteiger charge is -2.43. The van der Waals surface area contributed by atoms with Crippen molar-refractivity contribution >= 4 is 29.0 Å². The van der Waals surface area contributed by atoms with Crippen molar-refractivity contribution in [3.05, 3.63) is 21.4 Å². The number of carbonyl (C=O) groups is 1. The highest BCUT2D eigenvalue weighted by molar-refractivity contribution is 7.98. The molecule has 4 rings (SSSR count). The lowest BCUT2D eigenvalue weighted by molar-refractivity contribution is 0.0506. The van der Waals surface area contributed by atoms with Gasteiger partial charge in [-0.15, -0.1) is 11.3 Å². The van der Waals surface area contributed by atoms with Gasteiger partial charge in [-0.3, -0.25) is 9.69 Å². The van der Waals surface area contributed by atoms with Gasteiger partial charge in [0.1, 0.15) is 0 Å². The number of thioether (sulfide) groups is 1. The van der Waals surface area contributed by atoms with Gasteiger partial charge in [-0.05, 0) is 23.8 Å². The molecule has 1 aromatic heterocycles. The van der Waals surface area contributed by atoms with Crippen molar-refractivity contribution in [1.29, 1.82) is 0 Å². The molecule has 0 spiro atoms. The van der Waals surface area contributed by atoms with E-state index in [4.69, 9.17) is 0 Å². The summed E-state index contributed by atoms with van der Waals surface area (Å²) < 4.78 is 0. The number of aryl methyl sites for hydroxylation is 1. The van der Waals surface area contributed by atoms with E-state index >= 15 is 0 Å². The highest BCUT2D eigenvalue weighted by atomic mass is 32.2. The summed E-state index contributed by atoms with van der Waals surface area (Å²) in [6, 6.07) is 2.85. The number of carbonyl (C=O) groups excluding carboxylic acids is 1. The number of thiophene rings is 1. The third-order valence-corrected chi connectivity index (χ3v) is 6.95. The molecule has 1 N–H and O–H groups in total. The molecule has 0 atom stereocenters. The monoisotopic (exact) mass is 323 g/mol. The molecule has 1 amide bonds.